The number of halogens is 1. The zero-order chi connectivity index (χ0) is 15.1. The van der Waals surface area contributed by atoms with Crippen molar-refractivity contribution in [2.75, 3.05) is 26.5 Å². The Kier molecular flexibility index (Phi) is 4.73. The summed E-state index contributed by atoms with van der Waals surface area (Å²) < 4.78 is 3.39. The molecule has 0 unspecified atom stereocenters. The maximum absolute atomic E-state index is 4.88. The van der Waals surface area contributed by atoms with E-state index in [9.17, 15) is 0 Å². The van der Waals surface area contributed by atoms with E-state index in [0.29, 0.717) is 0 Å². The molecule has 2 aliphatic rings. The second-order valence-electron chi connectivity index (χ2n) is 5.55. The molecule has 0 radical (unpaired) electrons. The molecule has 1 aliphatic heterocycles. The van der Waals surface area contributed by atoms with Crippen molar-refractivity contribution in [1.29, 1.82) is 0 Å². The summed E-state index contributed by atoms with van der Waals surface area (Å²) in [4.78, 5) is 6.12. The lowest BCUT2D eigenvalue weighted by molar-refractivity contribution is -0.00000438. The van der Waals surface area contributed by atoms with Crippen molar-refractivity contribution >= 4 is 27.2 Å². The van der Waals surface area contributed by atoms with Crippen LogP contribution in [0.2, 0.25) is 0 Å². The summed E-state index contributed by atoms with van der Waals surface area (Å²) in [7, 11) is 6.11. The zero-order valence-electron chi connectivity index (χ0n) is 13.5. The molecule has 0 atom stereocenters. The first kappa shape index (κ1) is 16.7. The van der Waals surface area contributed by atoms with E-state index in [0.717, 1.165) is 11.2 Å². The minimum Gasteiger partial charge on any atom is -1.00 e. The molecule has 22 heavy (non-hydrogen) atoms. The molecule has 5 heteroatoms. The van der Waals surface area contributed by atoms with E-state index in [1.54, 1.807) is 0 Å². The summed E-state index contributed by atoms with van der Waals surface area (Å²) in [5, 5.41) is 4.47. The van der Waals surface area contributed by atoms with Gasteiger partial charge in [0.05, 0.1) is 20.8 Å². The smallest absolute Gasteiger partial charge is 0.201 e. The highest BCUT2D eigenvalue weighted by atomic mass is 35.5. The summed E-state index contributed by atoms with van der Waals surface area (Å²) in [5.41, 5.74) is 5.84. The lowest BCUT2D eigenvalue weighted by atomic mass is 10.1. The largest absolute Gasteiger partial charge is 1.00 e. The third-order valence-corrected chi connectivity index (χ3v) is 5.12. The number of rotatable bonds is 1. The van der Waals surface area contributed by atoms with Gasteiger partial charge in [-0.05, 0) is 37.1 Å². The van der Waals surface area contributed by atoms with Crippen molar-refractivity contribution < 1.29 is 12.4 Å². The molecule has 0 fully saturated rings. The van der Waals surface area contributed by atoms with Crippen LogP contribution in [-0.4, -0.2) is 26.1 Å². The van der Waals surface area contributed by atoms with E-state index in [-0.39, 0.29) is 12.4 Å². The maximum atomic E-state index is 4.88. The third-order valence-electron chi connectivity index (χ3n) is 3.87. The lowest BCUT2D eigenvalue weighted by Gasteiger charge is -2.12. The molecular formula is C17H20ClN3S. The summed E-state index contributed by atoms with van der Waals surface area (Å²) in [6, 6.07) is 8.63. The number of aromatic nitrogens is 1. The molecule has 1 aromatic carbocycles. The Bertz CT molecular complexity index is 879. The summed E-state index contributed by atoms with van der Waals surface area (Å²) in [6.45, 7) is 4.29. The summed E-state index contributed by atoms with van der Waals surface area (Å²) in [5.74, 6) is 0. The van der Waals surface area contributed by atoms with E-state index in [1.165, 1.54) is 31.7 Å². The molecule has 1 heterocycles. The Morgan fingerprint density at radius 2 is 1.86 bits per heavy atom. The SMILES string of the molecule is CNc1ccc2nc3c(C)cc(=[N+](C)C)cc-3sc2c1C.[Cl-]. The average molecular weight is 334 g/mol. The van der Waals surface area contributed by atoms with Crippen LogP contribution in [-0.2, 0) is 0 Å². The van der Waals surface area contributed by atoms with Gasteiger partial charge in [0.25, 0.3) is 0 Å². The Morgan fingerprint density at radius 1 is 1.14 bits per heavy atom. The molecule has 1 N–H and O–H groups in total. The van der Waals surface area contributed by atoms with Crippen LogP contribution in [0.15, 0.2) is 24.3 Å². The Morgan fingerprint density at radius 3 is 2.50 bits per heavy atom. The highest BCUT2D eigenvalue weighted by Gasteiger charge is 2.14. The Labute approximate surface area is 141 Å². The highest BCUT2D eigenvalue weighted by Crippen LogP contribution is 2.35. The van der Waals surface area contributed by atoms with Gasteiger partial charge in [-0.25, -0.2) is 9.56 Å². The van der Waals surface area contributed by atoms with Crippen molar-refractivity contribution in [2.24, 2.45) is 0 Å². The number of anilines is 1. The maximum Gasteiger partial charge on any atom is 0.201 e. The number of benzene rings is 2. The highest BCUT2D eigenvalue weighted by molar-refractivity contribution is 7.21. The van der Waals surface area contributed by atoms with Crippen LogP contribution in [0, 0.1) is 13.8 Å². The van der Waals surface area contributed by atoms with Gasteiger partial charge in [0.2, 0.25) is 5.36 Å². The molecule has 1 aliphatic carbocycles. The molecule has 1 aromatic rings. The van der Waals surface area contributed by atoms with Crippen LogP contribution in [0.1, 0.15) is 11.1 Å². The van der Waals surface area contributed by atoms with Gasteiger partial charge < -0.3 is 17.7 Å². The van der Waals surface area contributed by atoms with Crippen LogP contribution in [0.5, 0.6) is 0 Å². The molecule has 0 amide bonds. The topological polar surface area (TPSA) is 27.9 Å². The minimum atomic E-state index is 0. The van der Waals surface area contributed by atoms with Gasteiger partial charge in [0, 0.05) is 24.9 Å². The number of hydrogen-bond acceptors (Lipinski definition) is 3. The van der Waals surface area contributed by atoms with E-state index in [2.05, 4.69) is 62.1 Å². The van der Waals surface area contributed by atoms with Gasteiger partial charge in [-0.15, -0.1) is 11.3 Å². The van der Waals surface area contributed by atoms with Gasteiger partial charge in [-0.1, -0.05) is 0 Å². The molecule has 3 rings (SSSR count). The van der Waals surface area contributed by atoms with E-state index >= 15 is 0 Å². The molecule has 0 spiro atoms. The predicted molar refractivity (Wildman–Crippen MR) is 92.4 cm³/mol. The molecule has 3 nitrogen and oxygen atoms in total. The van der Waals surface area contributed by atoms with Crippen LogP contribution >= 0.6 is 11.3 Å². The number of nitrogens with zero attached hydrogens (tertiary/aromatic N) is 2. The fourth-order valence-electron chi connectivity index (χ4n) is 2.60. The quantitative estimate of drug-likeness (QED) is 0.505. The minimum absolute atomic E-state index is 0. The normalized spacial score (nSPS) is 10.6. The Balaban J connectivity index is 0.00000176. The molecule has 116 valence electrons. The van der Waals surface area contributed by atoms with Crippen molar-refractivity contribution in [3.63, 3.8) is 0 Å². The fraction of sp³-hybridized carbons (Fsp3) is 0.294. The second kappa shape index (κ2) is 6.23. The number of hydrogen-bond donors (Lipinski definition) is 1. The molecular weight excluding hydrogens is 314 g/mol. The number of fused-ring (bicyclic) bond motifs is 2. The van der Waals surface area contributed by atoms with Gasteiger partial charge in [0.15, 0.2) is 0 Å². The summed E-state index contributed by atoms with van der Waals surface area (Å²) >= 11 is 1.82. The monoisotopic (exact) mass is 333 g/mol. The molecule has 0 aromatic heterocycles. The standard InChI is InChI=1S/C17H19N3S.ClH/c1-10-8-12(20(4)5)9-15-16(10)19-14-7-6-13(18-3)11(2)17(14)21-15;/h6-9H,1-5H3;1H. The number of aryl methyl sites for hydroxylation is 2. The van der Waals surface area contributed by atoms with Crippen LogP contribution in [0.25, 0.3) is 20.8 Å². The number of nitrogens with one attached hydrogen (secondary N) is 1. The third kappa shape index (κ3) is 2.69. The van der Waals surface area contributed by atoms with E-state index in [4.69, 9.17) is 4.98 Å². The van der Waals surface area contributed by atoms with Crippen LogP contribution in [0.3, 0.4) is 0 Å². The van der Waals surface area contributed by atoms with E-state index in [1.807, 2.05) is 18.4 Å². The summed E-state index contributed by atoms with van der Waals surface area (Å²) in [6.07, 6.45) is 0. The Hall–Kier alpha value is -1.65. The first-order valence-electron chi connectivity index (χ1n) is 7.04. The van der Waals surface area contributed by atoms with Crippen LogP contribution < -0.4 is 27.7 Å². The average Bonchev–Trinajstić information content (AvgIpc) is 2.46. The van der Waals surface area contributed by atoms with Crippen molar-refractivity contribution in [1.82, 2.24) is 9.56 Å². The first-order chi connectivity index (χ1) is 10.0. The van der Waals surface area contributed by atoms with Crippen molar-refractivity contribution in [3.05, 3.63) is 40.7 Å². The van der Waals surface area contributed by atoms with Crippen LogP contribution in [0.4, 0.5) is 5.69 Å². The van der Waals surface area contributed by atoms with Gasteiger partial charge in [-0.3, -0.25) is 0 Å². The van der Waals surface area contributed by atoms with Crippen molar-refractivity contribution in [2.45, 2.75) is 13.8 Å². The fourth-order valence-corrected chi connectivity index (χ4v) is 3.79. The van der Waals surface area contributed by atoms with Gasteiger partial charge in [0.1, 0.15) is 14.1 Å². The first-order valence-corrected chi connectivity index (χ1v) is 7.86. The molecule has 0 saturated heterocycles. The van der Waals surface area contributed by atoms with E-state index < -0.39 is 0 Å². The second-order valence-corrected chi connectivity index (χ2v) is 6.61. The van der Waals surface area contributed by atoms with Gasteiger partial charge >= 0.3 is 0 Å². The molecule has 0 bridgehead atoms. The van der Waals surface area contributed by atoms with Gasteiger partial charge in [-0.2, -0.15) is 0 Å². The lowest BCUT2D eigenvalue weighted by Crippen LogP contribution is -3.00. The van der Waals surface area contributed by atoms with Crippen molar-refractivity contribution in [3.8, 4) is 10.6 Å². The predicted octanol–water partition coefficient (Wildman–Crippen LogP) is 0.0954. The zero-order valence-corrected chi connectivity index (χ0v) is 15.1. The molecule has 0 saturated carbocycles.